The average Bonchev–Trinajstić information content (AvgIpc) is 2.36. The monoisotopic (exact) mass is 246 g/mol. The lowest BCUT2D eigenvalue weighted by Crippen LogP contribution is -2.18. The SMILES string of the molecule is CCCCC(=O)N/N=C(/C)c1ccc(C)c(C)c1. The van der Waals surface area contributed by atoms with Crippen LogP contribution in [-0.2, 0) is 4.79 Å². The summed E-state index contributed by atoms with van der Waals surface area (Å²) in [4.78, 5) is 11.4. The lowest BCUT2D eigenvalue weighted by atomic mass is 10.0. The van der Waals surface area contributed by atoms with E-state index in [2.05, 4.69) is 43.4 Å². The van der Waals surface area contributed by atoms with Gasteiger partial charge in [0.05, 0.1) is 5.71 Å². The molecular weight excluding hydrogens is 224 g/mol. The maximum absolute atomic E-state index is 11.4. The van der Waals surface area contributed by atoms with Gasteiger partial charge in [-0.25, -0.2) is 5.43 Å². The van der Waals surface area contributed by atoms with Crippen molar-refractivity contribution in [3.8, 4) is 0 Å². The van der Waals surface area contributed by atoms with Gasteiger partial charge in [-0.3, -0.25) is 4.79 Å². The number of hydrazone groups is 1. The van der Waals surface area contributed by atoms with Gasteiger partial charge in [0.15, 0.2) is 0 Å². The van der Waals surface area contributed by atoms with Crippen LogP contribution in [0, 0.1) is 13.8 Å². The van der Waals surface area contributed by atoms with Crippen molar-refractivity contribution >= 4 is 11.6 Å². The summed E-state index contributed by atoms with van der Waals surface area (Å²) in [5, 5.41) is 4.14. The third kappa shape index (κ3) is 4.32. The highest BCUT2D eigenvalue weighted by molar-refractivity contribution is 5.99. The van der Waals surface area contributed by atoms with Gasteiger partial charge in [-0.2, -0.15) is 5.10 Å². The molecule has 0 bridgehead atoms. The summed E-state index contributed by atoms with van der Waals surface area (Å²) in [6, 6.07) is 6.19. The zero-order valence-corrected chi connectivity index (χ0v) is 11.7. The van der Waals surface area contributed by atoms with Crippen LogP contribution in [0.2, 0.25) is 0 Å². The van der Waals surface area contributed by atoms with Gasteiger partial charge < -0.3 is 0 Å². The van der Waals surface area contributed by atoms with Crippen LogP contribution in [0.3, 0.4) is 0 Å². The second-order valence-corrected chi connectivity index (χ2v) is 4.63. The number of carbonyl (C=O) groups excluding carboxylic acids is 1. The minimum absolute atomic E-state index is 0.0139. The van der Waals surface area contributed by atoms with Crippen molar-refractivity contribution in [2.45, 2.75) is 47.0 Å². The third-order valence-electron chi connectivity index (χ3n) is 3.03. The molecule has 0 heterocycles. The Labute approximate surface area is 109 Å². The van der Waals surface area contributed by atoms with Gasteiger partial charge in [0, 0.05) is 6.42 Å². The molecule has 0 aliphatic carbocycles. The van der Waals surface area contributed by atoms with E-state index >= 15 is 0 Å². The summed E-state index contributed by atoms with van der Waals surface area (Å²) in [5.74, 6) is -0.0139. The van der Waals surface area contributed by atoms with Crippen LogP contribution in [0.15, 0.2) is 23.3 Å². The highest BCUT2D eigenvalue weighted by Crippen LogP contribution is 2.10. The Kier molecular flexibility index (Phi) is 5.56. The molecule has 1 amide bonds. The number of carbonyl (C=O) groups is 1. The number of amides is 1. The molecule has 0 fully saturated rings. The Morgan fingerprint density at radius 2 is 2.00 bits per heavy atom. The summed E-state index contributed by atoms with van der Waals surface area (Å²) in [6.45, 7) is 8.13. The molecule has 0 aliphatic heterocycles. The van der Waals surface area contributed by atoms with Crippen molar-refractivity contribution in [3.63, 3.8) is 0 Å². The largest absolute Gasteiger partial charge is 0.273 e. The number of rotatable bonds is 5. The fraction of sp³-hybridized carbons (Fsp3) is 0.467. The Morgan fingerprint density at radius 3 is 2.61 bits per heavy atom. The van der Waals surface area contributed by atoms with E-state index < -0.39 is 0 Å². The predicted octanol–water partition coefficient (Wildman–Crippen LogP) is 3.33. The van der Waals surface area contributed by atoms with E-state index in [1.807, 2.05) is 13.0 Å². The van der Waals surface area contributed by atoms with Gasteiger partial charge in [-0.15, -0.1) is 0 Å². The van der Waals surface area contributed by atoms with Crippen LogP contribution >= 0.6 is 0 Å². The Hall–Kier alpha value is -1.64. The standard InChI is InChI=1S/C15H22N2O/c1-5-6-7-15(18)17-16-13(4)14-9-8-11(2)12(3)10-14/h8-10H,5-7H2,1-4H3,(H,17,18)/b16-13-. The molecule has 3 nitrogen and oxygen atoms in total. The minimum atomic E-state index is -0.0139. The number of nitrogens with zero attached hydrogens (tertiary/aromatic N) is 1. The number of nitrogens with one attached hydrogen (secondary N) is 1. The van der Waals surface area contributed by atoms with E-state index in [-0.39, 0.29) is 5.91 Å². The Morgan fingerprint density at radius 1 is 1.28 bits per heavy atom. The summed E-state index contributed by atoms with van der Waals surface area (Å²) in [5.41, 5.74) is 6.98. The van der Waals surface area contributed by atoms with Crippen molar-refractivity contribution in [3.05, 3.63) is 34.9 Å². The average molecular weight is 246 g/mol. The first kappa shape index (κ1) is 14.4. The van der Waals surface area contributed by atoms with Crippen molar-refractivity contribution < 1.29 is 4.79 Å². The molecule has 0 unspecified atom stereocenters. The fourth-order valence-electron chi connectivity index (χ4n) is 1.57. The Balaban J connectivity index is 2.65. The maximum Gasteiger partial charge on any atom is 0.240 e. The normalized spacial score (nSPS) is 11.4. The lowest BCUT2D eigenvalue weighted by molar-refractivity contribution is -0.121. The molecule has 1 aromatic carbocycles. The molecular formula is C15H22N2O. The molecule has 0 radical (unpaired) electrons. The van der Waals surface area contributed by atoms with Crippen molar-refractivity contribution in [2.24, 2.45) is 5.10 Å². The number of aryl methyl sites for hydroxylation is 2. The van der Waals surface area contributed by atoms with Gasteiger partial charge in [0.25, 0.3) is 0 Å². The minimum Gasteiger partial charge on any atom is -0.273 e. The highest BCUT2D eigenvalue weighted by atomic mass is 16.2. The molecule has 0 saturated heterocycles. The van der Waals surface area contributed by atoms with E-state index in [0.717, 1.165) is 24.1 Å². The van der Waals surface area contributed by atoms with Gasteiger partial charge in [0.1, 0.15) is 0 Å². The van der Waals surface area contributed by atoms with Gasteiger partial charge in [0.2, 0.25) is 5.91 Å². The van der Waals surface area contributed by atoms with Crippen LogP contribution in [0.4, 0.5) is 0 Å². The molecule has 1 rings (SSSR count). The highest BCUT2D eigenvalue weighted by Gasteiger charge is 2.02. The zero-order chi connectivity index (χ0) is 13.5. The fourth-order valence-corrected chi connectivity index (χ4v) is 1.57. The summed E-state index contributed by atoms with van der Waals surface area (Å²) >= 11 is 0. The molecule has 0 spiro atoms. The molecule has 0 atom stereocenters. The van der Waals surface area contributed by atoms with E-state index in [4.69, 9.17) is 0 Å². The first-order chi connectivity index (χ1) is 8.54. The maximum atomic E-state index is 11.4. The third-order valence-corrected chi connectivity index (χ3v) is 3.03. The van der Waals surface area contributed by atoms with Crippen molar-refractivity contribution in [1.82, 2.24) is 5.43 Å². The van der Waals surface area contributed by atoms with Crippen LogP contribution in [-0.4, -0.2) is 11.6 Å². The first-order valence-corrected chi connectivity index (χ1v) is 6.45. The molecule has 0 aliphatic rings. The molecule has 18 heavy (non-hydrogen) atoms. The summed E-state index contributed by atoms with van der Waals surface area (Å²) < 4.78 is 0. The van der Waals surface area contributed by atoms with Crippen LogP contribution in [0.25, 0.3) is 0 Å². The lowest BCUT2D eigenvalue weighted by Gasteiger charge is -2.05. The van der Waals surface area contributed by atoms with E-state index in [1.165, 1.54) is 11.1 Å². The molecule has 98 valence electrons. The summed E-state index contributed by atoms with van der Waals surface area (Å²) in [6.07, 6.45) is 2.47. The molecule has 0 aromatic heterocycles. The molecule has 1 aromatic rings. The second-order valence-electron chi connectivity index (χ2n) is 4.63. The number of unbranched alkanes of at least 4 members (excludes halogenated alkanes) is 1. The first-order valence-electron chi connectivity index (χ1n) is 6.45. The second kappa shape index (κ2) is 6.94. The zero-order valence-electron chi connectivity index (χ0n) is 11.7. The molecule has 1 N–H and O–H groups in total. The topological polar surface area (TPSA) is 41.5 Å². The quantitative estimate of drug-likeness (QED) is 0.628. The molecule has 3 heteroatoms. The van der Waals surface area contributed by atoms with E-state index in [1.54, 1.807) is 0 Å². The van der Waals surface area contributed by atoms with E-state index in [0.29, 0.717) is 6.42 Å². The van der Waals surface area contributed by atoms with Crippen molar-refractivity contribution in [2.75, 3.05) is 0 Å². The smallest absolute Gasteiger partial charge is 0.240 e. The van der Waals surface area contributed by atoms with E-state index in [9.17, 15) is 4.79 Å². The predicted molar refractivity (Wildman–Crippen MR) is 75.8 cm³/mol. The van der Waals surface area contributed by atoms with Crippen LogP contribution in [0.5, 0.6) is 0 Å². The van der Waals surface area contributed by atoms with Gasteiger partial charge in [-0.1, -0.05) is 25.5 Å². The van der Waals surface area contributed by atoms with Crippen molar-refractivity contribution in [1.29, 1.82) is 0 Å². The number of benzene rings is 1. The van der Waals surface area contributed by atoms with Crippen LogP contribution < -0.4 is 5.43 Å². The summed E-state index contributed by atoms with van der Waals surface area (Å²) in [7, 11) is 0. The number of hydrogen-bond acceptors (Lipinski definition) is 2. The van der Waals surface area contributed by atoms with Gasteiger partial charge in [-0.05, 0) is 49.9 Å². The molecule has 0 saturated carbocycles. The Bertz CT molecular complexity index is 450. The van der Waals surface area contributed by atoms with Crippen LogP contribution in [0.1, 0.15) is 49.8 Å². The van der Waals surface area contributed by atoms with Gasteiger partial charge >= 0.3 is 0 Å². The number of hydrogen-bond donors (Lipinski definition) is 1.